The zero-order chi connectivity index (χ0) is 21.3. The minimum atomic E-state index is -0.414. The van der Waals surface area contributed by atoms with E-state index in [1.54, 1.807) is 0 Å². The first-order valence-corrected chi connectivity index (χ1v) is 12.1. The van der Waals surface area contributed by atoms with Crippen LogP contribution in [0.3, 0.4) is 0 Å². The van der Waals surface area contributed by atoms with E-state index in [0.29, 0.717) is 18.3 Å². The number of nitrogens with zero attached hydrogens (tertiary/aromatic N) is 1. The van der Waals surface area contributed by atoms with Gasteiger partial charge in [-0.1, -0.05) is 44.0 Å². The Kier molecular flexibility index (Phi) is 6.72. The predicted molar refractivity (Wildman–Crippen MR) is 120 cm³/mol. The van der Waals surface area contributed by atoms with E-state index < -0.39 is 6.04 Å². The molecular weight excluding hydrogens is 396 g/mol. The molecule has 164 valence electrons. The highest BCUT2D eigenvalue weighted by atomic mass is 35.5. The Morgan fingerprint density at radius 2 is 1.77 bits per heavy atom. The van der Waals surface area contributed by atoms with Crippen LogP contribution in [0.1, 0.15) is 70.3 Å². The second kappa shape index (κ2) is 9.30. The van der Waals surface area contributed by atoms with Gasteiger partial charge in [0.1, 0.15) is 6.04 Å². The standard InChI is InChI=1S/C25H35ClN2O2/c1-16(2)24(27-23(29)15-21-14-17-3-4-20(21)13-17)25(30)28-11-9-19(10-12-28)18-5-7-22(26)8-6-18/h5-8,16-17,19-21,24H,3-4,9-15H2,1-2H3,(H,27,29)/t17?,20?,21?,24-/m1/s1. The summed E-state index contributed by atoms with van der Waals surface area (Å²) in [7, 11) is 0. The molecule has 4 atom stereocenters. The molecule has 2 amide bonds. The minimum absolute atomic E-state index is 0.0654. The van der Waals surface area contributed by atoms with E-state index >= 15 is 0 Å². The van der Waals surface area contributed by atoms with Crippen LogP contribution in [-0.4, -0.2) is 35.8 Å². The fraction of sp³-hybridized carbons (Fsp3) is 0.680. The van der Waals surface area contributed by atoms with Crippen LogP contribution in [0, 0.1) is 23.7 Å². The Morgan fingerprint density at radius 3 is 2.33 bits per heavy atom. The van der Waals surface area contributed by atoms with Gasteiger partial charge in [-0.2, -0.15) is 0 Å². The van der Waals surface area contributed by atoms with Crippen molar-refractivity contribution < 1.29 is 9.59 Å². The molecule has 1 N–H and O–H groups in total. The minimum Gasteiger partial charge on any atom is -0.344 e. The maximum atomic E-state index is 13.2. The Bertz CT molecular complexity index is 755. The summed E-state index contributed by atoms with van der Waals surface area (Å²) in [6.07, 6.45) is 7.66. The van der Waals surface area contributed by atoms with E-state index in [-0.39, 0.29) is 17.7 Å². The molecule has 1 aromatic carbocycles. The molecule has 0 spiro atoms. The molecule has 4 rings (SSSR count). The number of carbonyl (C=O) groups excluding carboxylic acids is 2. The zero-order valence-electron chi connectivity index (χ0n) is 18.3. The molecule has 4 nitrogen and oxygen atoms in total. The molecule has 1 saturated heterocycles. The van der Waals surface area contributed by atoms with Crippen LogP contribution < -0.4 is 5.32 Å². The van der Waals surface area contributed by atoms with Crippen molar-refractivity contribution in [2.45, 2.75) is 70.8 Å². The van der Waals surface area contributed by atoms with Crippen molar-refractivity contribution in [3.05, 3.63) is 34.9 Å². The molecule has 2 saturated carbocycles. The molecule has 3 unspecified atom stereocenters. The third kappa shape index (κ3) is 4.85. The number of carbonyl (C=O) groups is 2. The summed E-state index contributed by atoms with van der Waals surface area (Å²) in [5, 5.41) is 3.86. The van der Waals surface area contributed by atoms with Crippen LogP contribution in [0.2, 0.25) is 5.02 Å². The van der Waals surface area contributed by atoms with E-state index in [9.17, 15) is 9.59 Å². The summed E-state index contributed by atoms with van der Waals surface area (Å²) in [6, 6.07) is 7.65. The van der Waals surface area contributed by atoms with Gasteiger partial charge in [-0.3, -0.25) is 9.59 Å². The number of hydrogen-bond donors (Lipinski definition) is 1. The average Bonchev–Trinajstić information content (AvgIpc) is 3.35. The van der Waals surface area contributed by atoms with Gasteiger partial charge in [0.2, 0.25) is 11.8 Å². The topological polar surface area (TPSA) is 49.4 Å². The van der Waals surface area contributed by atoms with Gasteiger partial charge >= 0.3 is 0 Å². The van der Waals surface area contributed by atoms with Gasteiger partial charge in [-0.15, -0.1) is 0 Å². The Hall–Kier alpha value is -1.55. The van der Waals surface area contributed by atoms with Gasteiger partial charge < -0.3 is 10.2 Å². The number of benzene rings is 1. The lowest BCUT2D eigenvalue weighted by Gasteiger charge is -2.36. The van der Waals surface area contributed by atoms with Crippen molar-refractivity contribution in [2.24, 2.45) is 23.7 Å². The van der Waals surface area contributed by atoms with E-state index in [2.05, 4.69) is 17.4 Å². The summed E-state index contributed by atoms with van der Waals surface area (Å²) in [5.74, 6) is 2.82. The van der Waals surface area contributed by atoms with Crippen molar-refractivity contribution in [1.29, 1.82) is 0 Å². The van der Waals surface area contributed by atoms with Crippen LogP contribution >= 0.6 is 11.6 Å². The van der Waals surface area contributed by atoms with Crippen LogP contribution in [0.4, 0.5) is 0 Å². The zero-order valence-corrected chi connectivity index (χ0v) is 19.0. The average molecular weight is 431 g/mol. The molecule has 5 heteroatoms. The SMILES string of the molecule is CC(C)[C@@H](NC(=O)CC1CC2CCC1C2)C(=O)N1CCC(c2ccc(Cl)cc2)CC1. The quantitative estimate of drug-likeness (QED) is 0.689. The Balaban J connectivity index is 1.30. The number of fused-ring (bicyclic) bond motifs is 2. The molecule has 0 aromatic heterocycles. The lowest BCUT2D eigenvalue weighted by Crippen LogP contribution is -2.53. The smallest absolute Gasteiger partial charge is 0.245 e. The summed E-state index contributed by atoms with van der Waals surface area (Å²) >= 11 is 6.01. The summed E-state index contributed by atoms with van der Waals surface area (Å²) < 4.78 is 0. The predicted octanol–water partition coefficient (Wildman–Crippen LogP) is 5.01. The number of amides is 2. The van der Waals surface area contributed by atoms with Gasteiger partial charge in [0.05, 0.1) is 0 Å². The number of halogens is 1. The first kappa shape index (κ1) is 21.7. The number of hydrogen-bond acceptors (Lipinski definition) is 2. The highest BCUT2D eigenvalue weighted by Gasteiger charge is 2.40. The first-order valence-electron chi connectivity index (χ1n) is 11.7. The van der Waals surface area contributed by atoms with E-state index in [1.807, 2.05) is 30.9 Å². The third-order valence-electron chi connectivity index (χ3n) is 7.73. The Labute approximate surface area is 185 Å². The molecule has 3 fully saturated rings. The lowest BCUT2D eigenvalue weighted by atomic mass is 9.86. The van der Waals surface area contributed by atoms with E-state index in [4.69, 9.17) is 11.6 Å². The van der Waals surface area contributed by atoms with Crippen molar-refractivity contribution in [3.63, 3.8) is 0 Å². The Morgan fingerprint density at radius 1 is 1.07 bits per heavy atom. The molecule has 2 aliphatic carbocycles. The van der Waals surface area contributed by atoms with Crippen LogP contribution in [0.15, 0.2) is 24.3 Å². The number of likely N-dealkylation sites (tertiary alicyclic amines) is 1. The molecule has 2 bridgehead atoms. The largest absolute Gasteiger partial charge is 0.344 e. The van der Waals surface area contributed by atoms with Crippen LogP contribution in [0.25, 0.3) is 0 Å². The van der Waals surface area contributed by atoms with E-state index in [0.717, 1.165) is 42.8 Å². The van der Waals surface area contributed by atoms with Gasteiger partial charge in [0, 0.05) is 24.5 Å². The van der Waals surface area contributed by atoms with Crippen molar-refractivity contribution in [2.75, 3.05) is 13.1 Å². The molecule has 30 heavy (non-hydrogen) atoms. The molecule has 1 aliphatic heterocycles. The van der Waals surface area contributed by atoms with Crippen molar-refractivity contribution in [1.82, 2.24) is 10.2 Å². The third-order valence-corrected chi connectivity index (χ3v) is 7.98. The number of rotatable bonds is 6. The normalized spacial score (nSPS) is 27.5. The molecule has 0 radical (unpaired) electrons. The molecular formula is C25H35ClN2O2. The van der Waals surface area contributed by atoms with Gasteiger partial charge in [0.15, 0.2) is 0 Å². The highest BCUT2D eigenvalue weighted by Crippen LogP contribution is 2.49. The van der Waals surface area contributed by atoms with Crippen LogP contribution in [0.5, 0.6) is 0 Å². The lowest BCUT2D eigenvalue weighted by molar-refractivity contribution is -0.138. The van der Waals surface area contributed by atoms with Gasteiger partial charge in [-0.25, -0.2) is 0 Å². The van der Waals surface area contributed by atoms with Crippen molar-refractivity contribution in [3.8, 4) is 0 Å². The fourth-order valence-corrected chi connectivity index (χ4v) is 6.10. The molecule has 1 aromatic rings. The number of piperidine rings is 1. The van der Waals surface area contributed by atoms with E-state index in [1.165, 1.54) is 31.2 Å². The first-order chi connectivity index (χ1) is 14.4. The second-order valence-corrected chi connectivity index (χ2v) is 10.5. The van der Waals surface area contributed by atoms with Crippen molar-refractivity contribution >= 4 is 23.4 Å². The number of nitrogens with one attached hydrogen (secondary N) is 1. The second-order valence-electron chi connectivity index (χ2n) is 10.1. The van der Waals surface area contributed by atoms with Gasteiger partial charge in [-0.05, 0) is 79.4 Å². The maximum Gasteiger partial charge on any atom is 0.245 e. The molecule has 3 aliphatic rings. The maximum absolute atomic E-state index is 13.2. The monoisotopic (exact) mass is 430 g/mol. The molecule has 1 heterocycles. The van der Waals surface area contributed by atoms with Gasteiger partial charge in [0.25, 0.3) is 0 Å². The summed E-state index contributed by atoms with van der Waals surface area (Å²) in [5.41, 5.74) is 1.30. The summed E-state index contributed by atoms with van der Waals surface area (Å²) in [6.45, 7) is 5.55. The van der Waals surface area contributed by atoms with Crippen LogP contribution in [-0.2, 0) is 9.59 Å². The highest BCUT2D eigenvalue weighted by molar-refractivity contribution is 6.30. The fourth-order valence-electron chi connectivity index (χ4n) is 5.98. The summed E-state index contributed by atoms with van der Waals surface area (Å²) in [4.78, 5) is 27.9.